The summed E-state index contributed by atoms with van der Waals surface area (Å²) < 4.78 is 11.4. The van der Waals surface area contributed by atoms with E-state index in [1.165, 1.54) is 6.20 Å². The molecule has 0 saturated carbocycles. The fraction of sp³-hybridized carbons (Fsp3) is 0.375. The number of rotatable bonds is 5. The lowest BCUT2D eigenvalue weighted by molar-refractivity contribution is -0.0736. The van der Waals surface area contributed by atoms with E-state index in [4.69, 9.17) is 9.47 Å². The van der Waals surface area contributed by atoms with Crippen molar-refractivity contribution < 1.29 is 14.3 Å². The molecule has 116 valence electrons. The second-order valence-corrected chi connectivity index (χ2v) is 5.27. The van der Waals surface area contributed by atoms with Crippen LogP contribution in [0.1, 0.15) is 22.3 Å². The summed E-state index contributed by atoms with van der Waals surface area (Å²) in [5.41, 5.74) is 1.63. The third kappa shape index (κ3) is 3.72. The Morgan fingerprint density at radius 2 is 2.27 bits per heavy atom. The molecule has 2 N–H and O–H groups in total. The highest BCUT2D eigenvalue weighted by atomic mass is 16.5. The van der Waals surface area contributed by atoms with Crippen molar-refractivity contribution in [1.29, 1.82) is 0 Å². The van der Waals surface area contributed by atoms with E-state index in [9.17, 15) is 4.79 Å². The molecule has 1 aliphatic heterocycles. The monoisotopic (exact) mass is 301 g/mol. The molecule has 0 spiro atoms. The van der Waals surface area contributed by atoms with Gasteiger partial charge in [0.1, 0.15) is 6.10 Å². The molecule has 0 unspecified atom stereocenters. The van der Waals surface area contributed by atoms with Crippen LogP contribution < -0.4 is 5.32 Å². The van der Waals surface area contributed by atoms with Gasteiger partial charge in [0.2, 0.25) is 0 Å². The van der Waals surface area contributed by atoms with Crippen LogP contribution in [0.5, 0.6) is 0 Å². The van der Waals surface area contributed by atoms with Crippen LogP contribution in [0.2, 0.25) is 0 Å². The molecular weight excluding hydrogens is 282 g/mol. The number of H-pyrrole nitrogens is 1. The molecular formula is C16H19N3O3. The van der Waals surface area contributed by atoms with Crippen LogP contribution in [0.4, 0.5) is 0 Å². The first kappa shape index (κ1) is 14.7. The van der Waals surface area contributed by atoms with Crippen molar-refractivity contribution in [2.75, 3.05) is 13.2 Å². The lowest BCUT2D eigenvalue weighted by atomic mass is 10.1. The fourth-order valence-corrected chi connectivity index (χ4v) is 2.45. The van der Waals surface area contributed by atoms with Gasteiger partial charge < -0.3 is 14.8 Å². The zero-order chi connectivity index (χ0) is 15.2. The summed E-state index contributed by atoms with van der Waals surface area (Å²) in [5, 5.41) is 9.43. The maximum absolute atomic E-state index is 12.1. The van der Waals surface area contributed by atoms with E-state index < -0.39 is 0 Å². The van der Waals surface area contributed by atoms with Crippen LogP contribution in [0, 0.1) is 0 Å². The number of ether oxygens (including phenoxy) is 2. The molecule has 0 radical (unpaired) electrons. The van der Waals surface area contributed by atoms with Gasteiger partial charge in [0.05, 0.1) is 31.0 Å². The summed E-state index contributed by atoms with van der Waals surface area (Å²) >= 11 is 0. The quantitative estimate of drug-likeness (QED) is 0.878. The van der Waals surface area contributed by atoms with E-state index in [0.29, 0.717) is 25.4 Å². The van der Waals surface area contributed by atoms with Crippen LogP contribution in [-0.4, -0.2) is 41.5 Å². The van der Waals surface area contributed by atoms with E-state index in [-0.39, 0.29) is 18.1 Å². The Bertz CT molecular complexity index is 586. The van der Waals surface area contributed by atoms with Crippen LogP contribution in [-0.2, 0) is 16.1 Å². The molecule has 6 heteroatoms. The molecule has 1 amide bonds. The zero-order valence-corrected chi connectivity index (χ0v) is 12.2. The number of carbonyl (C=O) groups excluding carboxylic acids is 1. The van der Waals surface area contributed by atoms with Crippen LogP contribution in [0.25, 0.3) is 0 Å². The van der Waals surface area contributed by atoms with Crippen molar-refractivity contribution >= 4 is 5.91 Å². The number of carbonyl (C=O) groups is 1. The van der Waals surface area contributed by atoms with Gasteiger partial charge in [-0.15, -0.1) is 0 Å². The molecule has 6 nitrogen and oxygen atoms in total. The lowest BCUT2D eigenvalue weighted by Crippen LogP contribution is -2.49. The van der Waals surface area contributed by atoms with Crippen molar-refractivity contribution in [2.24, 2.45) is 0 Å². The van der Waals surface area contributed by atoms with Crippen LogP contribution in [0.15, 0.2) is 42.7 Å². The average Bonchev–Trinajstić information content (AvgIpc) is 3.10. The molecule has 1 aromatic heterocycles. The Hall–Kier alpha value is -2.18. The first-order valence-electron chi connectivity index (χ1n) is 7.36. The predicted molar refractivity (Wildman–Crippen MR) is 80.3 cm³/mol. The van der Waals surface area contributed by atoms with Gasteiger partial charge in [-0.2, -0.15) is 5.10 Å². The summed E-state index contributed by atoms with van der Waals surface area (Å²) in [5.74, 6) is -0.144. The third-order valence-corrected chi connectivity index (χ3v) is 3.69. The highest BCUT2D eigenvalue weighted by Crippen LogP contribution is 2.14. The van der Waals surface area contributed by atoms with E-state index in [2.05, 4.69) is 15.5 Å². The van der Waals surface area contributed by atoms with Crippen molar-refractivity contribution in [3.8, 4) is 0 Å². The van der Waals surface area contributed by atoms with Crippen molar-refractivity contribution in [2.45, 2.75) is 25.2 Å². The van der Waals surface area contributed by atoms with Gasteiger partial charge in [0.25, 0.3) is 5.91 Å². The molecule has 0 bridgehead atoms. The van der Waals surface area contributed by atoms with E-state index in [1.54, 1.807) is 6.20 Å². The minimum Gasteiger partial charge on any atom is -0.379 e. The number of benzene rings is 1. The van der Waals surface area contributed by atoms with E-state index >= 15 is 0 Å². The molecule has 22 heavy (non-hydrogen) atoms. The number of nitrogens with one attached hydrogen (secondary N) is 2. The van der Waals surface area contributed by atoms with Gasteiger partial charge >= 0.3 is 0 Å². The third-order valence-electron chi connectivity index (χ3n) is 3.69. The summed E-state index contributed by atoms with van der Waals surface area (Å²) in [6.07, 6.45) is 3.68. The van der Waals surface area contributed by atoms with Gasteiger partial charge in [-0.05, 0) is 12.0 Å². The highest BCUT2D eigenvalue weighted by molar-refractivity contribution is 5.93. The molecule has 1 saturated heterocycles. The van der Waals surface area contributed by atoms with E-state index in [0.717, 1.165) is 12.0 Å². The zero-order valence-electron chi connectivity index (χ0n) is 12.2. The predicted octanol–water partition coefficient (Wildman–Crippen LogP) is 1.51. The minimum absolute atomic E-state index is 0.0557. The Balaban J connectivity index is 1.57. The molecule has 3 rings (SSSR count). The Morgan fingerprint density at radius 1 is 1.41 bits per heavy atom. The lowest BCUT2D eigenvalue weighted by Gasteiger charge is -2.32. The van der Waals surface area contributed by atoms with Crippen LogP contribution >= 0.6 is 0 Å². The summed E-state index contributed by atoms with van der Waals surface area (Å²) in [6, 6.07) is 9.91. The number of hydrogen-bond donors (Lipinski definition) is 2. The molecule has 2 heterocycles. The highest BCUT2D eigenvalue weighted by Gasteiger charge is 2.28. The van der Waals surface area contributed by atoms with Crippen molar-refractivity contribution in [3.63, 3.8) is 0 Å². The smallest absolute Gasteiger partial charge is 0.254 e. The van der Waals surface area contributed by atoms with Gasteiger partial charge in [0, 0.05) is 12.8 Å². The first-order chi connectivity index (χ1) is 10.8. The topological polar surface area (TPSA) is 76.2 Å². The number of amides is 1. The SMILES string of the molecule is O=C(N[C@@H]1CCOC[C@H]1OCc1ccccc1)c1cn[nH]c1. The Kier molecular flexibility index (Phi) is 4.82. The molecule has 0 aliphatic carbocycles. The van der Waals surface area contributed by atoms with Crippen molar-refractivity contribution in [1.82, 2.24) is 15.5 Å². The summed E-state index contributed by atoms with van der Waals surface area (Å²) in [7, 11) is 0. The Labute approximate surface area is 128 Å². The summed E-state index contributed by atoms with van der Waals surface area (Å²) in [4.78, 5) is 12.1. The normalized spacial score (nSPS) is 21.5. The number of aromatic amines is 1. The molecule has 2 atom stereocenters. The second kappa shape index (κ2) is 7.20. The standard InChI is InChI=1S/C16H19N3O3/c20-16(13-8-17-18-9-13)19-14-6-7-21-11-15(14)22-10-12-4-2-1-3-5-12/h1-5,8-9,14-15H,6-7,10-11H2,(H,17,18)(H,19,20)/t14-,15-/m1/s1. The van der Waals surface area contributed by atoms with E-state index in [1.807, 2.05) is 30.3 Å². The first-order valence-corrected chi connectivity index (χ1v) is 7.36. The average molecular weight is 301 g/mol. The number of aromatic nitrogens is 2. The van der Waals surface area contributed by atoms with Gasteiger partial charge in [-0.1, -0.05) is 30.3 Å². The second-order valence-electron chi connectivity index (χ2n) is 5.27. The largest absolute Gasteiger partial charge is 0.379 e. The fourth-order valence-electron chi connectivity index (χ4n) is 2.45. The van der Waals surface area contributed by atoms with Gasteiger partial charge in [-0.25, -0.2) is 0 Å². The summed E-state index contributed by atoms with van der Waals surface area (Å²) in [6.45, 7) is 1.62. The van der Waals surface area contributed by atoms with Gasteiger partial charge in [-0.3, -0.25) is 9.89 Å². The molecule has 1 aromatic carbocycles. The molecule has 2 aromatic rings. The maximum Gasteiger partial charge on any atom is 0.254 e. The van der Waals surface area contributed by atoms with Crippen LogP contribution in [0.3, 0.4) is 0 Å². The maximum atomic E-state index is 12.1. The van der Waals surface area contributed by atoms with Crippen molar-refractivity contribution in [3.05, 3.63) is 53.9 Å². The van der Waals surface area contributed by atoms with Gasteiger partial charge in [0.15, 0.2) is 0 Å². The molecule has 1 aliphatic rings. The number of hydrogen-bond acceptors (Lipinski definition) is 4. The number of nitrogens with zero attached hydrogens (tertiary/aromatic N) is 1. The minimum atomic E-state index is -0.148. The Morgan fingerprint density at radius 3 is 3.05 bits per heavy atom. The molecule has 1 fully saturated rings.